The van der Waals surface area contributed by atoms with Crippen molar-refractivity contribution >= 4 is 15.9 Å². The molecule has 6 nitrogen and oxygen atoms in total. The van der Waals surface area contributed by atoms with Crippen LogP contribution in [0, 0.1) is 0 Å². The molecule has 0 bridgehead atoms. The third-order valence-corrected chi connectivity index (χ3v) is 6.62. The maximum Gasteiger partial charge on any atom is 0.573 e. The van der Waals surface area contributed by atoms with E-state index in [1.807, 2.05) is 0 Å². The number of rotatable bonds is 7. The number of carbonyl (C=O) groups excluding carboxylic acids is 1. The minimum Gasteiger partial charge on any atom is -0.406 e. The second-order valence-corrected chi connectivity index (χ2v) is 8.83. The third kappa shape index (κ3) is 6.10. The van der Waals surface area contributed by atoms with Gasteiger partial charge >= 0.3 is 6.36 Å². The van der Waals surface area contributed by atoms with E-state index in [9.17, 15) is 26.4 Å². The predicted octanol–water partition coefficient (Wildman–Crippen LogP) is 3.36. The summed E-state index contributed by atoms with van der Waals surface area (Å²) in [6.45, 7) is 3.77. The van der Waals surface area contributed by atoms with Gasteiger partial charge in [0.05, 0.1) is 11.8 Å². The molecule has 2 atom stereocenters. The SMILES string of the molecule is CCCS(=O)(=O)N1CCCCC1C(=O)NC(C)c1ccc(OC(F)(F)F)cc1. The number of amides is 1. The molecule has 28 heavy (non-hydrogen) atoms. The van der Waals surface area contributed by atoms with Gasteiger partial charge in [0.15, 0.2) is 0 Å². The van der Waals surface area contributed by atoms with Crippen molar-refractivity contribution in [3.05, 3.63) is 29.8 Å². The minimum atomic E-state index is -4.77. The van der Waals surface area contributed by atoms with E-state index in [0.717, 1.165) is 6.42 Å². The van der Waals surface area contributed by atoms with Gasteiger partial charge in [-0.25, -0.2) is 8.42 Å². The summed E-state index contributed by atoms with van der Waals surface area (Å²) in [7, 11) is -3.50. The molecule has 1 aromatic rings. The first-order chi connectivity index (χ1) is 13.0. The van der Waals surface area contributed by atoms with Gasteiger partial charge < -0.3 is 10.1 Å². The number of sulfonamides is 1. The molecule has 1 amide bonds. The van der Waals surface area contributed by atoms with Crippen molar-refractivity contribution in [1.82, 2.24) is 9.62 Å². The number of alkyl halides is 3. The lowest BCUT2D eigenvalue weighted by atomic mass is 10.0. The Morgan fingerprint density at radius 1 is 1.29 bits per heavy atom. The van der Waals surface area contributed by atoms with Crippen molar-refractivity contribution in [2.24, 2.45) is 0 Å². The van der Waals surface area contributed by atoms with Crippen LogP contribution in [0.3, 0.4) is 0 Å². The first-order valence-electron chi connectivity index (χ1n) is 9.19. The molecule has 1 N–H and O–H groups in total. The average molecular weight is 422 g/mol. The van der Waals surface area contributed by atoms with E-state index in [4.69, 9.17) is 0 Å². The van der Waals surface area contributed by atoms with E-state index in [1.165, 1.54) is 28.6 Å². The maximum absolute atomic E-state index is 12.7. The van der Waals surface area contributed by atoms with E-state index in [2.05, 4.69) is 10.1 Å². The van der Waals surface area contributed by atoms with Crippen molar-refractivity contribution in [3.63, 3.8) is 0 Å². The summed E-state index contributed by atoms with van der Waals surface area (Å²) in [6, 6.07) is 3.94. The summed E-state index contributed by atoms with van der Waals surface area (Å²) in [4.78, 5) is 12.7. The van der Waals surface area contributed by atoms with Crippen LogP contribution in [0.15, 0.2) is 24.3 Å². The Balaban J connectivity index is 2.06. The molecular formula is C18H25F3N2O4S. The van der Waals surface area contributed by atoms with Crippen LogP contribution >= 0.6 is 0 Å². The highest BCUT2D eigenvalue weighted by molar-refractivity contribution is 7.89. The normalized spacial score (nSPS) is 19.8. The first kappa shape index (κ1) is 22.5. The highest BCUT2D eigenvalue weighted by atomic mass is 32.2. The topological polar surface area (TPSA) is 75.7 Å². The second-order valence-electron chi connectivity index (χ2n) is 6.79. The Hall–Kier alpha value is -1.81. The van der Waals surface area contributed by atoms with E-state index in [-0.39, 0.29) is 11.5 Å². The van der Waals surface area contributed by atoms with Crippen LogP contribution in [0.2, 0.25) is 0 Å². The predicted molar refractivity (Wildman–Crippen MR) is 98.1 cm³/mol. The minimum absolute atomic E-state index is 0.00694. The molecule has 0 radical (unpaired) electrons. The number of piperidine rings is 1. The molecule has 1 aliphatic rings. The molecule has 1 aliphatic heterocycles. The van der Waals surface area contributed by atoms with Crippen molar-refractivity contribution < 1.29 is 31.1 Å². The molecule has 1 heterocycles. The van der Waals surface area contributed by atoms with Gasteiger partial charge in [-0.1, -0.05) is 25.5 Å². The Morgan fingerprint density at radius 2 is 1.93 bits per heavy atom. The van der Waals surface area contributed by atoms with Gasteiger partial charge in [0.2, 0.25) is 15.9 Å². The second kappa shape index (κ2) is 9.13. The fourth-order valence-electron chi connectivity index (χ4n) is 3.23. The zero-order valence-electron chi connectivity index (χ0n) is 15.8. The van der Waals surface area contributed by atoms with Crippen molar-refractivity contribution in [1.29, 1.82) is 0 Å². The number of benzene rings is 1. The van der Waals surface area contributed by atoms with Crippen molar-refractivity contribution in [2.45, 2.75) is 58.0 Å². The molecule has 2 rings (SSSR count). The van der Waals surface area contributed by atoms with Crippen LogP contribution in [-0.2, 0) is 14.8 Å². The van der Waals surface area contributed by atoms with Gasteiger partial charge in [-0.15, -0.1) is 13.2 Å². The van der Waals surface area contributed by atoms with E-state index in [0.29, 0.717) is 31.4 Å². The number of halogens is 3. The smallest absolute Gasteiger partial charge is 0.406 e. The molecule has 10 heteroatoms. The summed E-state index contributed by atoms with van der Waals surface area (Å²) in [6.07, 6.45) is -2.39. The summed E-state index contributed by atoms with van der Waals surface area (Å²) in [5.74, 6) is -0.756. The molecule has 158 valence electrons. The lowest BCUT2D eigenvalue weighted by molar-refractivity contribution is -0.274. The van der Waals surface area contributed by atoms with Crippen LogP contribution in [0.5, 0.6) is 5.75 Å². The van der Waals surface area contributed by atoms with Crippen LogP contribution in [0.25, 0.3) is 0 Å². The van der Waals surface area contributed by atoms with Crippen molar-refractivity contribution in [3.8, 4) is 5.75 Å². The molecule has 0 aliphatic carbocycles. The zero-order chi connectivity index (χ0) is 20.9. The highest BCUT2D eigenvalue weighted by Gasteiger charge is 2.36. The van der Waals surface area contributed by atoms with Gasteiger partial charge in [0, 0.05) is 6.54 Å². The number of nitrogens with zero attached hydrogens (tertiary/aromatic N) is 1. The third-order valence-electron chi connectivity index (χ3n) is 4.55. The summed E-state index contributed by atoms with van der Waals surface area (Å²) < 4.78 is 66.7. The summed E-state index contributed by atoms with van der Waals surface area (Å²) in [5, 5.41) is 2.77. The average Bonchev–Trinajstić information content (AvgIpc) is 2.61. The Morgan fingerprint density at radius 3 is 2.50 bits per heavy atom. The van der Waals surface area contributed by atoms with E-state index in [1.54, 1.807) is 13.8 Å². The number of ether oxygens (including phenoxy) is 1. The zero-order valence-corrected chi connectivity index (χ0v) is 16.6. The molecule has 1 aromatic carbocycles. The molecule has 0 aromatic heterocycles. The molecule has 1 fully saturated rings. The molecule has 0 spiro atoms. The van der Waals surface area contributed by atoms with Crippen LogP contribution in [-0.4, -0.2) is 43.3 Å². The number of carbonyl (C=O) groups is 1. The van der Waals surface area contributed by atoms with E-state index >= 15 is 0 Å². The Kier molecular flexibility index (Phi) is 7.33. The molecule has 2 unspecified atom stereocenters. The Labute approximate surface area is 163 Å². The number of hydrogen-bond donors (Lipinski definition) is 1. The van der Waals surface area contributed by atoms with Gasteiger partial charge in [-0.05, 0) is 43.9 Å². The molecule has 0 saturated carbocycles. The fraction of sp³-hybridized carbons (Fsp3) is 0.611. The van der Waals surface area contributed by atoms with Crippen LogP contribution < -0.4 is 10.1 Å². The summed E-state index contributed by atoms with van der Waals surface area (Å²) in [5.41, 5.74) is 0.585. The lowest BCUT2D eigenvalue weighted by Crippen LogP contribution is -2.52. The standard InChI is InChI=1S/C18H25F3N2O4S/c1-3-12-28(25,26)23-11-5-4-6-16(23)17(24)22-13(2)14-7-9-15(10-8-14)27-18(19,20)21/h7-10,13,16H,3-6,11-12H2,1-2H3,(H,22,24). The monoisotopic (exact) mass is 422 g/mol. The quantitative estimate of drug-likeness (QED) is 0.731. The lowest BCUT2D eigenvalue weighted by Gasteiger charge is -2.34. The number of hydrogen-bond acceptors (Lipinski definition) is 4. The van der Waals surface area contributed by atoms with E-state index < -0.39 is 34.4 Å². The summed E-state index contributed by atoms with van der Waals surface area (Å²) >= 11 is 0. The highest BCUT2D eigenvalue weighted by Crippen LogP contribution is 2.25. The van der Waals surface area contributed by atoms with Gasteiger partial charge in [-0.2, -0.15) is 4.31 Å². The van der Waals surface area contributed by atoms with Crippen molar-refractivity contribution in [2.75, 3.05) is 12.3 Å². The van der Waals surface area contributed by atoms with Gasteiger partial charge in [0.25, 0.3) is 0 Å². The number of nitrogens with one attached hydrogen (secondary N) is 1. The molecule has 1 saturated heterocycles. The first-order valence-corrected chi connectivity index (χ1v) is 10.8. The Bertz CT molecular complexity index is 766. The van der Waals surface area contributed by atoms with Crippen LogP contribution in [0.4, 0.5) is 13.2 Å². The largest absolute Gasteiger partial charge is 0.573 e. The maximum atomic E-state index is 12.7. The fourth-order valence-corrected chi connectivity index (χ4v) is 4.97. The van der Waals surface area contributed by atoms with Gasteiger partial charge in [0.1, 0.15) is 11.8 Å². The van der Waals surface area contributed by atoms with Crippen LogP contribution in [0.1, 0.15) is 51.1 Å². The molecular weight excluding hydrogens is 397 g/mol. The van der Waals surface area contributed by atoms with Gasteiger partial charge in [-0.3, -0.25) is 4.79 Å².